The van der Waals surface area contributed by atoms with Gasteiger partial charge in [-0.2, -0.15) is 8.42 Å². The molecule has 0 unspecified atom stereocenters. The molecule has 16 heavy (non-hydrogen) atoms. The number of urea groups is 1. The number of carbonyl (C=O) groups is 1. The van der Waals surface area contributed by atoms with Crippen molar-refractivity contribution in [2.45, 2.75) is 11.8 Å². The van der Waals surface area contributed by atoms with Gasteiger partial charge >= 0.3 is 57.4 Å². The fourth-order valence-corrected chi connectivity index (χ4v) is 1.86. The van der Waals surface area contributed by atoms with E-state index in [1.165, 1.54) is 25.1 Å². The Bertz CT molecular complexity index is 501. The molecule has 84 valence electrons. The van der Waals surface area contributed by atoms with Crippen LogP contribution in [0.3, 0.4) is 0 Å². The molecular weight excluding hydrogens is 259 g/mol. The topological polar surface area (TPSA) is 109 Å². The van der Waals surface area contributed by atoms with Crippen LogP contribution < -0.4 is 11.1 Å². The van der Waals surface area contributed by atoms with Gasteiger partial charge in [0.1, 0.15) is 0 Å². The van der Waals surface area contributed by atoms with E-state index in [1.54, 1.807) is 0 Å². The van der Waals surface area contributed by atoms with Gasteiger partial charge in [0.25, 0.3) is 10.1 Å². The summed E-state index contributed by atoms with van der Waals surface area (Å²) in [5.74, 6) is 0. The van der Waals surface area contributed by atoms with E-state index in [2.05, 4.69) is 5.32 Å². The van der Waals surface area contributed by atoms with Crippen molar-refractivity contribution in [2.24, 2.45) is 5.73 Å². The summed E-state index contributed by atoms with van der Waals surface area (Å²) in [6.45, 7) is 1.50. The van der Waals surface area contributed by atoms with Gasteiger partial charge in [0.2, 0.25) is 0 Å². The number of anilines is 1. The summed E-state index contributed by atoms with van der Waals surface area (Å²) in [7, 11) is -4.22. The van der Waals surface area contributed by atoms with Crippen LogP contribution in [0.15, 0.2) is 23.1 Å². The van der Waals surface area contributed by atoms with Crippen LogP contribution >= 0.6 is 0 Å². The number of nitrogens with one attached hydrogen (secondary N) is 1. The summed E-state index contributed by atoms with van der Waals surface area (Å²) in [5.41, 5.74) is 5.57. The second-order valence-corrected chi connectivity index (χ2v) is 4.33. The first-order chi connectivity index (χ1) is 6.80. The van der Waals surface area contributed by atoms with Crippen molar-refractivity contribution in [3.8, 4) is 0 Å². The minimum absolute atomic E-state index is 0. The molecule has 8 heteroatoms. The van der Waals surface area contributed by atoms with Crippen LogP contribution in [0.4, 0.5) is 10.5 Å². The molecule has 6 nitrogen and oxygen atoms in total. The van der Waals surface area contributed by atoms with Crippen molar-refractivity contribution in [3.05, 3.63) is 23.8 Å². The number of nitrogens with two attached hydrogens (primary N) is 1. The standard InChI is InChI=1S/C8H10N2O4S.K.H/c1-5-4-6(10-8(9)11)2-3-7(5)15(12,13)14;;/h2-4H,1H3,(H3,9,10,11)(H,12,13,14);;. The summed E-state index contributed by atoms with van der Waals surface area (Å²) in [5, 5.41) is 2.29. The molecule has 0 bridgehead atoms. The number of amides is 2. The Morgan fingerprint density at radius 2 is 2.00 bits per heavy atom. The van der Waals surface area contributed by atoms with E-state index in [1.807, 2.05) is 0 Å². The minimum atomic E-state index is -4.22. The summed E-state index contributed by atoms with van der Waals surface area (Å²) in [4.78, 5) is 10.3. The molecular formula is C8H11KN2O4S. The number of aryl methyl sites for hydroxylation is 1. The fraction of sp³-hybridized carbons (Fsp3) is 0.125. The van der Waals surface area contributed by atoms with Crippen molar-refractivity contribution in [1.29, 1.82) is 0 Å². The molecule has 0 radical (unpaired) electrons. The quantitative estimate of drug-likeness (QED) is 0.522. The summed E-state index contributed by atoms with van der Waals surface area (Å²) in [6, 6.07) is 3.18. The van der Waals surface area contributed by atoms with Gasteiger partial charge in [-0.1, -0.05) is 0 Å². The second kappa shape index (κ2) is 6.10. The average molecular weight is 270 g/mol. The number of rotatable bonds is 2. The molecule has 0 aromatic heterocycles. The van der Waals surface area contributed by atoms with Gasteiger partial charge in [0, 0.05) is 5.69 Å². The fourth-order valence-electron chi connectivity index (χ4n) is 1.16. The molecule has 0 fully saturated rings. The molecule has 1 aromatic carbocycles. The molecule has 0 heterocycles. The van der Waals surface area contributed by atoms with Crippen molar-refractivity contribution in [3.63, 3.8) is 0 Å². The molecule has 1 rings (SSSR count). The summed E-state index contributed by atoms with van der Waals surface area (Å²) >= 11 is 0. The second-order valence-electron chi connectivity index (χ2n) is 2.94. The Hall–Kier alpha value is 0.0364. The van der Waals surface area contributed by atoms with Gasteiger partial charge < -0.3 is 11.1 Å². The van der Waals surface area contributed by atoms with E-state index < -0.39 is 16.1 Å². The first kappa shape index (κ1) is 16.0. The number of benzene rings is 1. The van der Waals surface area contributed by atoms with Crippen LogP contribution in [0.2, 0.25) is 0 Å². The predicted molar refractivity (Wildman–Crippen MR) is 61.3 cm³/mol. The zero-order valence-electron chi connectivity index (χ0n) is 7.89. The molecule has 0 aliphatic rings. The van der Waals surface area contributed by atoms with Crippen molar-refractivity contribution < 1.29 is 17.8 Å². The Morgan fingerprint density at radius 1 is 1.44 bits per heavy atom. The molecule has 0 saturated heterocycles. The van der Waals surface area contributed by atoms with Crippen molar-refractivity contribution in [1.82, 2.24) is 0 Å². The molecule has 4 N–H and O–H groups in total. The SMILES string of the molecule is Cc1cc(NC(N)=O)ccc1S(=O)(=O)O.[KH]. The van der Waals surface area contributed by atoms with Gasteiger partial charge in [-0.3, -0.25) is 4.55 Å². The van der Waals surface area contributed by atoms with Gasteiger partial charge in [-0.15, -0.1) is 0 Å². The molecule has 2 amide bonds. The third-order valence-electron chi connectivity index (χ3n) is 1.72. The van der Waals surface area contributed by atoms with E-state index >= 15 is 0 Å². The third kappa shape index (κ3) is 4.50. The van der Waals surface area contributed by atoms with Gasteiger partial charge in [0.05, 0.1) is 4.90 Å². The summed E-state index contributed by atoms with van der Waals surface area (Å²) < 4.78 is 30.5. The van der Waals surface area contributed by atoms with Crippen LogP contribution in [-0.4, -0.2) is 70.4 Å². The summed E-state index contributed by atoms with van der Waals surface area (Å²) in [6.07, 6.45) is 0. The van der Waals surface area contributed by atoms with Crippen LogP contribution in [0, 0.1) is 6.92 Å². The van der Waals surface area contributed by atoms with Crippen LogP contribution in [0.1, 0.15) is 5.56 Å². The van der Waals surface area contributed by atoms with Crippen LogP contribution in [-0.2, 0) is 10.1 Å². The zero-order valence-corrected chi connectivity index (χ0v) is 8.71. The molecule has 0 aliphatic heterocycles. The molecule has 0 aliphatic carbocycles. The van der Waals surface area contributed by atoms with Crippen molar-refractivity contribution >= 4 is 73.2 Å². The monoisotopic (exact) mass is 270 g/mol. The van der Waals surface area contributed by atoms with Gasteiger partial charge in [-0.05, 0) is 30.7 Å². The normalized spacial score (nSPS) is 10.4. The molecule has 0 spiro atoms. The maximum atomic E-state index is 10.8. The molecule has 0 atom stereocenters. The van der Waals surface area contributed by atoms with Crippen LogP contribution in [0.25, 0.3) is 0 Å². The van der Waals surface area contributed by atoms with Gasteiger partial charge in [0.15, 0.2) is 0 Å². The van der Waals surface area contributed by atoms with Crippen LogP contribution in [0.5, 0.6) is 0 Å². The Kier molecular flexibility index (Phi) is 6.11. The number of carbonyl (C=O) groups excluding carboxylic acids is 1. The average Bonchev–Trinajstić information content (AvgIpc) is 1.99. The van der Waals surface area contributed by atoms with E-state index in [0.717, 1.165) is 0 Å². The number of hydrogen-bond donors (Lipinski definition) is 3. The first-order valence-electron chi connectivity index (χ1n) is 3.95. The van der Waals surface area contributed by atoms with Crippen molar-refractivity contribution in [2.75, 3.05) is 5.32 Å². The molecule has 0 saturated carbocycles. The van der Waals surface area contributed by atoms with E-state index in [4.69, 9.17) is 10.3 Å². The third-order valence-corrected chi connectivity index (χ3v) is 2.73. The number of hydrogen-bond acceptors (Lipinski definition) is 3. The maximum absolute atomic E-state index is 10.8. The first-order valence-corrected chi connectivity index (χ1v) is 5.39. The van der Waals surface area contributed by atoms with Gasteiger partial charge in [-0.25, -0.2) is 4.79 Å². The zero-order chi connectivity index (χ0) is 11.6. The molecule has 1 aromatic rings. The Balaban J connectivity index is 0.00000225. The number of primary amides is 1. The van der Waals surface area contributed by atoms with E-state index in [9.17, 15) is 13.2 Å². The predicted octanol–water partition coefficient (Wildman–Crippen LogP) is 0.0838. The Labute approximate surface area is 136 Å². The van der Waals surface area contributed by atoms with E-state index in [-0.39, 0.29) is 56.3 Å². The van der Waals surface area contributed by atoms with E-state index in [0.29, 0.717) is 11.3 Å². The Morgan fingerprint density at radius 3 is 2.38 bits per heavy atom.